The Morgan fingerprint density at radius 3 is 2.78 bits per heavy atom. The topological polar surface area (TPSA) is 30.5 Å². The molecule has 0 radical (unpaired) electrons. The van der Waals surface area contributed by atoms with Crippen LogP contribution in [0.5, 0.6) is 5.75 Å². The largest absolute Gasteiger partial charge is 0.496 e. The summed E-state index contributed by atoms with van der Waals surface area (Å²) in [6.45, 7) is 5.68. The Balaban J connectivity index is 2.17. The molecule has 1 aromatic carbocycles. The van der Waals surface area contributed by atoms with Gasteiger partial charge in [0.05, 0.1) is 11.6 Å². The SMILES string of the molecule is CCCOCCCNCc1ccc(OC)c(Br)c1. The third-order valence-electron chi connectivity index (χ3n) is 2.54. The molecule has 1 rings (SSSR count). The number of nitrogens with one attached hydrogen (secondary N) is 1. The highest BCUT2D eigenvalue weighted by Gasteiger charge is 2.00. The van der Waals surface area contributed by atoms with Gasteiger partial charge in [-0.15, -0.1) is 0 Å². The van der Waals surface area contributed by atoms with E-state index in [0.29, 0.717) is 0 Å². The van der Waals surface area contributed by atoms with Crippen LogP contribution in [0.3, 0.4) is 0 Å². The second kappa shape index (κ2) is 9.36. The first-order valence-electron chi connectivity index (χ1n) is 6.38. The Labute approximate surface area is 118 Å². The zero-order valence-electron chi connectivity index (χ0n) is 11.2. The van der Waals surface area contributed by atoms with Crippen LogP contribution < -0.4 is 10.1 Å². The van der Waals surface area contributed by atoms with Gasteiger partial charge in [0.15, 0.2) is 0 Å². The van der Waals surface area contributed by atoms with Crippen molar-refractivity contribution in [3.8, 4) is 5.75 Å². The van der Waals surface area contributed by atoms with Crippen LogP contribution in [0.15, 0.2) is 22.7 Å². The van der Waals surface area contributed by atoms with E-state index in [1.165, 1.54) is 5.56 Å². The molecule has 0 atom stereocenters. The van der Waals surface area contributed by atoms with Crippen LogP contribution in [-0.4, -0.2) is 26.9 Å². The van der Waals surface area contributed by atoms with Gasteiger partial charge in [-0.25, -0.2) is 0 Å². The summed E-state index contributed by atoms with van der Waals surface area (Å²) >= 11 is 3.49. The van der Waals surface area contributed by atoms with E-state index < -0.39 is 0 Å². The summed E-state index contributed by atoms with van der Waals surface area (Å²) in [4.78, 5) is 0. The molecule has 0 bridgehead atoms. The number of hydrogen-bond acceptors (Lipinski definition) is 3. The van der Waals surface area contributed by atoms with Crippen molar-refractivity contribution < 1.29 is 9.47 Å². The monoisotopic (exact) mass is 315 g/mol. The van der Waals surface area contributed by atoms with Crippen molar-refractivity contribution in [3.05, 3.63) is 28.2 Å². The zero-order chi connectivity index (χ0) is 13.2. The van der Waals surface area contributed by atoms with Crippen molar-refractivity contribution in [2.24, 2.45) is 0 Å². The molecule has 0 spiro atoms. The molecule has 0 unspecified atom stereocenters. The van der Waals surface area contributed by atoms with Crippen molar-refractivity contribution in [2.75, 3.05) is 26.9 Å². The smallest absolute Gasteiger partial charge is 0.133 e. The number of benzene rings is 1. The number of rotatable bonds is 9. The van der Waals surface area contributed by atoms with Crippen molar-refractivity contribution in [3.63, 3.8) is 0 Å². The minimum absolute atomic E-state index is 0.840. The third-order valence-corrected chi connectivity index (χ3v) is 3.16. The summed E-state index contributed by atoms with van der Waals surface area (Å²) in [5, 5.41) is 3.40. The van der Waals surface area contributed by atoms with Crippen LogP contribution >= 0.6 is 15.9 Å². The quantitative estimate of drug-likeness (QED) is 0.709. The predicted molar refractivity (Wildman–Crippen MR) is 78.1 cm³/mol. The number of halogens is 1. The summed E-state index contributed by atoms with van der Waals surface area (Å²) < 4.78 is 11.6. The normalized spacial score (nSPS) is 10.6. The van der Waals surface area contributed by atoms with Gasteiger partial charge in [-0.3, -0.25) is 0 Å². The first-order valence-corrected chi connectivity index (χ1v) is 7.18. The highest BCUT2D eigenvalue weighted by Crippen LogP contribution is 2.25. The molecule has 102 valence electrons. The fourth-order valence-corrected chi connectivity index (χ4v) is 2.19. The maximum atomic E-state index is 5.42. The molecule has 0 saturated heterocycles. The molecule has 0 fully saturated rings. The molecule has 3 nitrogen and oxygen atoms in total. The molecule has 0 heterocycles. The van der Waals surface area contributed by atoms with E-state index >= 15 is 0 Å². The summed E-state index contributed by atoms with van der Waals surface area (Å²) in [6.07, 6.45) is 2.14. The maximum absolute atomic E-state index is 5.42. The van der Waals surface area contributed by atoms with Gasteiger partial charge >= 0.3 is 0 Å². The predicted octanol–water partition coefficient (Wildman–Crippen LogP) is 3.36. The minimum Gasteiger partial charge on any atom is -0.496 e. The van der Waals surface area contributed by atoms with Gasteiger partial charge in [0.1, 0.15) is 5.75 Å². The van der Waals surface area contributed by atoms with E-state index in [1.54, 1.807) is 7.11 Å². The molecular weight excluding hydrogens is 294 g/mol. The molecule has 0 amide bonds. The second-order valence-electron chi connectivity index (χ2n) is 4.11. The van der Waals surface area contributed by atoms with Crippen LogP contribution in [0, 0.1) is 0 Å². The molecule has 1 aromatic rings. The van der Waals surface area contributed by atoms with Crippen LogP contribution in [0.4, 0.5) is 0 Å². The van der Waals surface area contributed by atoms with E-state index in [1.807, 2.05) is 6.07 Å². The molecule has 18 heavy (non-hydrogen) atoms. The Kier molecular flexibility index (Phi) is 8.05. The molecule has 0 aromatic heterocycles. The lowest BCUT2D eigenvalue weighted by atomic mass is 10.2. The number of ether oxygens (including phenoxy) is 2. The van der Waals surface area contributed by atoms with Gasteiger partial charge in [-0.05, 0) is 53.0 Å². The Morgan fingerprint density at radius 2 is 2.11 bits per heavy atom. The molecule has 0 aliphatic carbocycles. The van der Waals surface area contributed by atoms with Crippen LogP contribution in [0.1, 0.15) is 25.3 Å². The fraction of sp³-hybridized carbons (Fsp3) is 0.571. The van der Waals surface area contributed by atoms with Crippen molar-refractivity contribution in [1.29, 1.82) is 0 Å². The fourth-order valence-electron chi connectivity index (χ4n) is 1.60. The lowest BCUT2D eigenvalue weighted by Gasteiger charge is -2.08. The number of hydrogen-bond donors (Lipinski definition) is 1. The first-order chi connectivity index (χ1) is 8.77. The lowest BCUT2D eigenvalue weighted by molar-refractivity contribution is 0.132. The highest BCUT2D eigenvalue weighted by atomic mass is 79.9. The van der Waals surface area contributed by atoms with E-state index in [9.17, 15) is 0 Å². The minimum atomic E-state index is 0.840. The molecule has 0 aliphatic heterocycles. The van der Waals surface area contributed by atoms with Crippen LogP contribution in [0.2, 0.25) is 0 Å². The Bertz CT molecular complexity index is 345. The molecule has 0 saturated carbocycles. The average molecular weight is 316 g/mol. The standard InChI is InChI=1S/C14H22BrNO2/c1-3-8-18-9-4-7-16-11-12-5-6-14(17-2)13(15)10-12/h5-6,10,16H,3-4,7-9,11H2,1-2H3. The molecular formula is C14H22BrNO2. The maximum Gasteiger partial charge on any atom is 0.133 e. The third kappa shape index (κ3) is 5.85. The van der Waals surface area contributed by atoms with Gasteiger partial charge in [0.2, 0.25) is 0 Å². The molecule has 0 aliphatic rings. The highest BCUT2D eigenvalue weighted by molar-refractivity contribution is 9.10. The Hall–Kier alpha value is -0.580. The van der Waals surface area contributed by atoms with E-state index in [0.717, 1.165) is 49.4 Å². The van der Waals surface area contributed by atoms with Gasteiger partial charge < -0.3 is 14.8 Å². The van der Waals surface area contributed by atoms with Gasteiger partial charge in [-0.2, -0.15) is 0 Å². The van der Waals surface area contributed by atoms with Gasteiger partial charge in [0.25, 0.3) is 0 Å². The van der Waals surface area contributed by atoms with Crippen LogP contribution in [-0.2, 0) is 11.3 Å². The van der Waals surface area contributed by atoms with E-state index in [-0.39, 0.29) is 0 Å². The van der Waals surface area contributed by atoms with Crippen molar-refractivity contribution >= 4 is 15.9 Å². The summed E-state index contributed by atoms with van der Waals surface area (Å²) in [7, 11) is 1.67. The Morgan fingerprint density at radius 1 is 1.28 bits per heavy atom. The summed E-state index contributed by atoms with van der Waals surface area (Å²) in [5.41, 5.74) is 1.25. The summed E-state index contributed by atoms with van der Waals surface area (Å²) in [6, 6.07) is 6.13. The average Bonchev–Trinajstić information content (AvgIpc) is 2.38. The van der Waals surface area contributed by atoms with E-state index in [2.05, 4.69) is 40.3 Å². The molecule has 1 N–H and O–H groups in total. The van der Waals surface area contributed by atoms with Crippen LogP contribution in [0.25, 0.3) is 0 Å². The van der Waals surface area contributed by atoms with Gasteiger partial charge in [0, 0.05) is 19.8 Å². The second-order valence-corrected chi connectivity index (χ2v) is 4.97. The zero-order valence-corrected chi connectivity index (χ0v) is 12.8. The lowest BCUT2D eigenvalue weighted by Crippen LogP contribution is -2.16. The van der Waals surface area contributed by atoms with Gasteiger partial charge in [-0.1, -0.05) is 13.0 Å². The van der Waals surface area contributed by atoms with E-state index in [4.69, 9.17) is 9.47 Å². The van der Waals surface area contributed by atoms with Crippen molar-refractivity contribution in [1.82, 2.24) is 5.32 Å². The summed E-state index contributed by atoms with van der Waals surface area (Å²) in [5.74, 6) is 0.867. The van der Waals surface area contributed by atoms with Crippen molar-refractivity contribution in [2.45, 2.75) is 26.3 Å². The molecule has 4 heteroatoms. The number of methoxy groups -OCH3 is 1. The first kappa shape index (κ1) is 15.5.